The highest BCUT2D eigenvalue weighted by molar-refractivity contribution is 6.53. The summed E-state index contributed by atoms with van der Waals surface area (Å²) in [4.78, 5) is 39.5. The van der Waals surface area contributed by atoms with E-state index in [1.165, 1.54) is 30.3 Å². The number of rotatable bonds is 8. The summed E-state index contributed by atoms with van der Waals surface area (Å²) in [6.07, 6.45) is 3.06. The Morgan fingerprint density at radius 3 is 2.34 bits per heavy atom. The number of aryl methyl sites for hydroxylation is 1. The first-order chi connectivity index (χ1) is 16.9. The van der Waals surface area contributed by atoms with Crippen LogP contribution in [0.15, 0.2) is 83.5 Å². The molecule has 0 aromatic heterocycles. The van der Waals surface area contributed by atoms with Gasteiger partial charge in [0, 0.05) is 16.9 Å². The van der Waals surface area contributed by atoms with Crippen LogP contribution in [0.4, 0.5) is 21.5 Å². The predicted molar refractivity (Wildman–Crippen MR) is 135 cm³/mol. The van der Waals surface area contributed by atoms with E-state index in [1.54, 1.807) is 30.3 Å². The largest absolute Gasteiger partial charge is 0.350 e. The molecule has 0 bridgehead atoms. The van der Waals surface area contributed by atoms with Crippen molar-refractivity contribution in [1.29, 1.82) is 0 Å². The van der Waals surface area contributed by atoms with Crippen LogP contribution in [0.25, 0.3) is 0 Å². The lowest BCUT2D eigenvalue weighted by Crippen LogP contribution is -2.32. The van der Waals surface area contributed by atoms with Crippen molar-refractivity contribution in [2.24, 2.45) is 0 Å². The molecule has 4 rings (SSSR count). The minimum absolute atomic E-state index is 0.0668. The van der Waals surface area contributed by atoms with Gasteiger partial charge >= 0.3 is 0 Å². The average Bonchev–Trinajstić information content (AvgIpc) is 3.07. The van der Waals surface area contributed by atoms with Gasteiger partial charge < -0.3 is 10.6 Å². The molecule has 178 valence electrons. The number of nitrogens with one attached hydrogen (secondary N) is 2. The van der Waals surface area contributed by atoms with Crippen LogP contribution in [0.2, 0.25) is 0 Å². The van der Waals surface area contributed by atoms with Gasteiger partial charge in [-0.25, -0.2) is 9.29 Å². The smallest absolute Gasteiger partial charge is 0.283 e. The second-order valence-corrected chi connectivity index (χ2v) is 8.45. The highest BCUT2D eigenvalue weighted by Crippen LogP contribution is 2.30. The first kappa shape index (κ1) is 24.2. The molecular weight excluding hydrogens is 469 g/mol. The molecular formula is C27H23ClFN3O3. The van der Waals surface area contributed by atoms with Crippen molar-refractivity contribution >= 4 is 46.4 Å². The van der Waals surface area contributed by atoms with Crippen LogP contribution < -0.4 is 15.5 Å². The SMILES string of the molecule is CCCCc1ccc(N2C(=O)C(Cl)=C(Nc3cccc(C(=O)Nc4ccc(F)cc4)c3)C2=O)cc1. The number of hydrogen-bond acceptors (Lipinski definition) is 4. The van der Waals surface area contributed by atoms with Gasteiger partial charge in [-0.3, -0.25) is 14.4 Å². The maximum Gasteiger partial charge on any atom is 0.283 e. The standard InChI is InChI=1S/C27H23ClFN3O3/c1-2-3-5-17-8-14-22(15-9-17)32-26(34)23(28)24(27(32)35)30-21-7-4-6-18(16-21)25(33)31-20-12-10-19(29)11-13-20/h4,6-16,30H,2-3,5H2,1H3,(H,31,33). The maximum atomic E-state index is 13.1. The number of nitrogens with zero attached hydrogens (tertiary/aromatic N) is 1. The van der Waals surface area contributed by atoms with Crippen molar-refractivity contribution in [3.8, 4) is 0 Å². The quantitative estimate of drug-likeness (QED) is 0.387. The molecule has 1 aliphatic heterocycles. The van der Waals surface area contributed by atoms with Gasteiger partial charge in [-0.05, 0) is 73.0 Å². The Morgan fingerprint density at radius 2 is 1.66 bits per heavy atom. The normalized spacial score (nSPS) is 13.4. The number of carbonyl (C=O) groups excluding carboxylic acids is 3. The molecule has 0 fully saturated rings. The summed E-state index contributed by atoms with van der Waals surface area (Å²) in [6.45, 7) is 2.12. The van der Waals surface area contributed by atoms with Crippen LogP contribution in [-0.4, -0.2) is 17.7 Å². The number of unbranched alkanes of at least 4 members (excludes halogenated alkanes) is 1. The van der Waals surface area contributed by atoms with E-state index in [-0.39, 0.29) is 10.7 Å². The van der Waals surface area contributed by atoms with E-state index in [9.17, 15) is 18.8 Å². The van der Waals surface area contributed by atoms with E-state index in [2.05, 4.69) is 17.6 Å². The molecule has 2 N–H and O–H groups in total. The molecule has 6 nitrogen and oxygen atoms in total. The summed E-state index contributed by atoms with van der Waals surface area (Å²) in [6, 6.07) is 19.0. The second kappa shape index (κ2) is 10.5. The average molecular weight is 492 g/mol. The Balaban J connectivity index is 1.49. The minimum Gasteiger partial charge on any atom is -0.350 e. The van der Waals surface area contributed by atoms with Gasteiger partial charge in [0.05, 0.1) is 5.69 Å². The van der Waals surface area contributed by atoms with E-state index in [1.807, 2.05) is 12.1 Å². The van der Waals surface area contributed by atoms with E-state index in [4.69, 9.17) is 11.6 Å². The summed E-state index contributed by atoms with van der Waals surface area (Å²) in [5, 5.41) is 5.33. The number of amides is 3. The lowest BCUT2D eigenvalue weighted by Gasteiger charge is -2.16. The van der Waals surface area contributed by atoms with E-state index < -0.39 is 23.5 Å². The molecule has 3 aromatic rings. The van der Waals surface area contributed by atoms with Crippen LogP contribution in [0, 0.1) is 5.82 Å². The van der Waals surface area contributed by atoms with Crippen molar-refractivity contribution in [3.05, 3.63) is 100 Å². The fraction of sp³-hybridized carbons (Fsp3) is 0.148. The molecule has 0 saturated carbocycles. The zero-order chi connectivity index (χ0) is 24.9. The van der Waals surface area contributed by atoms with Crippen molar-refractivity contribution < 1.29 is 18.8 Å². The molecule has 0 spiro atoms. The molecule has 3 amide bonds. The lowest BCUT2D eigenvalue weighted by molar-refractivity contribution is -0.120. The van der Waals surface area contributed by atoms with Crippen LogP contribution in [-0.2, 0) is 16.0 Å². The monoisotopic (exact) mass is 491 g/mol. The van der Waals surface area contributed by atoms with E-state index >= 15 is 0 Å². The highest BCUT2D eigenvalue weighted by Gasteiger charge is 2.39. The van der Waals surface area contributed by atoms with Gasteiger partial charge in [-0.15, -0.1) is 0 Å². The Labute approximate surface area is 207 Å². The third-order valence-corrected chi connectivity index (χ3v) is 5.89. The van der Waals surface area contributed by atoms with Gasteiger partial charge in [-0.1, -0.05) is 43.1 Å². The van der Waals surface area contributed by atoms with Gasteiger partial charge in [0.25, 0.3) is 17.7 Å². The zero-order valence-corrected chi connectivity index (χ0v) is 19.7. The Morgan fingerprint density at radius 1 is 0.943 bits per heavy atom. The van der Waals surface area contributed by atoms with Crippen LogP contribution in [0.3, 0.4) is 0 Å². The van der Waals surface area contributed by atoms with Crippen LogP contribution in [0.5, 0.6) is 0 Å². The number of benzene rings is 3. The van der Waals surface area contributed by atoms with Gasteiger partial charge in [-0.2, -0.15) is 0 Å². The van der Waals surface area contributed by atoms with Gasteiger partial charge in [0.1, 0.15) is 16.5 Å². The second-order valence-electron chi connectivity index (χ2n) is 8.07. The summed E-state index contributed by atoms with van der Waals surface area (Å²) in [7, 11) is 0. The number of halogens is 2. The number of imide groups is 1. The zero-order valence-electron chi connectivity index (χ0n) is 19.0. The molecule has 0 saturated heterocycles. The third kappa shape index (κ3) is 5.41. The summed E-state index contributed by atoms with van der Waals surface area (Å²) in [5.41, 5.74) is 2.64. The molecule has 1 aliphatic rings. The van der Waals surface area contributed by atoms with Crippen molar-refractivity contribution in [3.63, 3.8) is 0 Å². The minimum atomic E-state index is -0.620. The Bertz CT molecular complexity index is 1300. The molecule has 0 aliphatic carbocycles. The van der Waals surface area contributed by atoms with E-state index in [0.29, 0.717) is 22.6 Å². The molecule has 35 heavy (non-hydrogen) atoms. The highest BCUT2D eigenvalue weighted by atomic mass is 35.5. The maximum absolute atomic E-state index is 13.1. The molecule has 1 heterocycles. The number of hydrogen-bond donors (Lipinski definition) is 2. The van der Waals surface area contributed by atoms with E-state index in [0.717, 1.165) is 29.7 Å². The summed E-state index contributed by atoms with van der Waals surface area (Å²) >= 11 is 6.24. The molecule has 0 radical (unpaired) electrons. The van der Waals surface area contributed by atoms with Crippen molar-refractivity contribution in [2.75, 3.05) is 15.5 Å². The van der Waals surface area contributed by atoms with Crippen molar-refractivity contribution in [1.82, 2.24) is 0 Å². The predicted octanol–water partition coefficient (Wildman–Crippen LogP) is 5.86. The molecule has 8 heteroatoms. The molecule has 3 aromatic carbocycles. The Hall–Kier alpha value is -3.97. The molecule has 0 atom stereocenters. The number of carbonyl (C=O) groups is 3. The lowest BCUT2D eigenvalue weighted by atomic mass is 10.1. The van der Waals surface area contributed by atoms with Crippen molar-refractivity contribution in [2.45, 2.75) is 26.2 Å². The first-order valence-corrected chi connectivity index (χ1v) is 11.6. The van der Waals surface area contributed by atoms with Crippen LogP contribution >= 0.6 is 11.6 Å². The fourth-order valence-corrected chi connectivity index (χ4v) is 3.87. The molecule has 0 unspecified atom stereocenters. The summed E-state index contributed by atoms with van der Waals surface area (Å²) in [5.74, 6) is -2.02. The van der Waals surface area contributed by atoms with Crippen LogP contribution in [0.1, 0.15) is 35.7 Å². The first-order valence-electron chi connectivity index (χ1n) is 11.2. The van der Waals surface area contributed by atoms with Gasteiger partial charge in [0.2, 0.25) is 0 Å². The third-order valence-electron chi connectivity index (χ3n) is 5.54. The Kier molecular flexibility index (Phi) is 7.27. The number of anilines is 3. The summed E-state index contributed by atoms with van der Waals surface area (Å²) < 4.78 is 13.1. The fourth-order valence-electron chi connectivity index (χ4n) is 3.66. The topological polar surface area (TPSA) is 78.5 Å². The van der Waals surface area contributed by atoms with Gasteiger partial charge in [0.15, 0.2) is 0 Å².